The minimum absolute atomic E-state index is 0.0733. The maximum absolute atomic E-state index is 12.9. The van der Waals surface area contributed by atoms with E-state index < -0.39 is 0 Å². The van der Waals surface area contributed by atoms with Crippen molar-refractivity contribution in [2.24, 2.45) is 5.92 Å². The zero-order valence-corrected chi connectivity index (χ0v) is 19.6. The van der Waals surface area contributed by atoms with Crippen molar-refractivity contribution in [1.29, 1.82) is 0 Å². The van der Waals surface area contributed by atoms with E-state index in [-0.39, 0.29) is 11.8 Å². The first-order valence-corrected chi connectivity index (χ1v) is 11.6. The number of likely N-dealkylation sites (N-methyl/N-ethyl adjacent to an activating group) is 1. The fourth-order valence-corrected chi connectivity index (χ4v) is 4.47. The van der Waals surface area contributed by atoms with Gasteiger partial charge in [-0.25, -0.2) is 9.97 Å². The van der Waals surface area contributed by atoms with Gasteiger partial charge in [0.25, 0.3) is 0 Å². The molecule has 3 rings (SSSR count). The normalized spacial score (nSPS) is 17.0. The third kappa shape index (κ3) is 5.62. The highest BCUT2D eigenvalue weighted by molar-refractivity contribution is 5.89. The third-order valence-corrected chi connectivity index (χ3v) is 6.07. The molecule has 0 radical (unpaired) electrons. The number of piperidine rings is 1. The Morgan fingerprint density at radius 2 is 1.90 bits per heavy atom. The van der Waals surface area contributed by atoms with E-state index in [1.807, 2.05) is 24.0 Å². The summed E-state index contributed by atoms with van der Waals surface area (Å²) in [4.78, 5) is 29.3. The monoisotopic (exact) mass is 423 g/mol. The van der Waals surface area contributed by atoms with Gasteiger partial charge >= 0.3 is 0 Å². The van der Waals surface area contributed by atoms with E-state index in [0.717, 1.165) is 80.2 Å². The summed E-state index contributed by atoms with van der Waals surface area (Å²) in [5.74, 6) is 2.15. The summed E-state index contributed by atoms with van der Waals surface area (Å²) < 4.78 is 0. The number of hydrogen-bond acceptors (Lipinski definition) is 5. The number of benzene rings is 1. The van der Waals surface area contributed by atoms with Crippen molar-refractivity contribution in [3.05, 3.63) is 42.2 Å². The molecule has 31 heavy (non-hydrogen) atoms. The molecule has 1 aliphatic rings. The molecule has 0 N–H and O–H groups in total. The number of anilines is 1. The van der Waals surface area contributed by atoms with Crippen molar-refractivity contribution in [3.63, 3.8) is 0 Å². The number of aromatic nitrogens is 2. The van der Waals surface area contributed by atoms with Crippen molar-refractivity contribution < 1.29 is 4.79 Å². The quantitative estimate of drug-likeness (QED) is 0.568. The molecular weight excluding hydrogens is 386 g/mol. The van der Waals surface area contributed by atoms with Gasteiger partial charge in [0.1, 0.15) is 11.6 Å². The Morgan fingerprint density at radius 3 is 2.58 bits per heavy atom. The molecule has 2 heterocycles. The summed E-state index contributed by atoms with van der Waals surface area (Å²) in [6, 6.07) is 8.21. The van der Waals surface area contributed by atoms with Crippen LogP contribution in [-0.2, 0) is 11.3 Å². The van der Waals surface area contributed by atoms with Crippen molar-refractivity contribution in [1.82, 2.24) is 19.8 Å². The molecule has 1 aliphatic heterocycles. The van der Waals surface area contributed by atoms with E-state index in [1.165, 1.54) is 0 Å². The number of nitrogens with zero attached hydrogens (tertiary/aromatic N) is 5. The smallest absolute Gasteiger partial charge is 0.226 e. The van der Waals surface area contributed by atoms with Gasteiger partial charge in [0, 0.05) is 38.1 Å². The molecule has 1 aromatic carbocycles. The Balaban J connectivity index is 1.84. The molecular formula is C25H37N5O. The van der Waals surface area contributed by atoms with Crippen LogP contribution in [0.3, 0.4) is 0 Å². The minimum atomic E-state index is 0.0733. The molecule has 0 bridgehead atoms. The predicted octanol–water partition coefficient (Wildman–Crippen LogP) is 4.11. The molecule has 1 amide bonds. The summed E-state index contributed by atoms with van der Waals surface area (Å²) >= 11 is 0. The maximum atomic E-state index is 12.9. The Bertz CT molecular complexity index is 908. The fourth-order valence-electron chi connectivity index (χ4n) is 4.47. The lowest BCUT2D eigenvalue weighted by atomic mass is 9.96. The largest absolute Gasteiger partial charge is 0.352 e. The number of carbonyl (C=O) groups is 1. The maximum Gasteiger partial charge on any atom is 0.226 e. The highest BCUT2D eigenvalue weighted by Gasteiger charge is 2.29. The summed E-state index contributed by atoms with van der Waals surface area (Å²) in [6.07, 6.45) is 2.01. The molecule has 2 aromatic rings. The Morgan fingerprint density at radius 1 is 1.16 bits per heavy atom. The fraction of sp³-hybridized carbons (Fsp3) is 0.560. The van der Waals surface area contributed by atoms with Gasteiger partial charge in [-0.1, -0.05) is 24.3 Å². The second kappa shape index (κ2) is 10.7. The lowest BCUT2D eigenvalue weighted by Gasteiger charge is -2.34. The molecule has 6 heteroatoms. The predicted molar refractivity (Wildman–Crippen MR) is 128 cm³/mol. The molecule has 0 aliphatic carbocycles. The molecule has 1 atom stereocenters. The summed E-state index contributed by atoms with van der Waals surface area (Å²) in [7, 11) is 0. The first-order chi connectivity index (χ1) is 15.0. The number of para-hydroxylation sites is 1. The molecule has 0 saturated carbocycles. The van der Waals surface area contributed by atoms with E-state index in [9.17, 15) is 4.79 Å². The highest BCUT2D eigenvalue weighted by atomic mass is 16.2. The van der Waals surface area contributed by atoms with E-state index in [4.69, 9.17) is 9.97 Å². The standard InChI is InChI=1S/C25H37N5O/c1-6-29(7-2)25(31)20-12-11-15-28(17-20)18-23-26-22-14-10-9-13-21(22)24(27-23)30(8-3)16-19(4)5/h9-10,13-14,20H,4,6-8,11-12,15-18H2,1-3,5H3. The first kappa shape index (κ1) is 23.2. The average Bonchev–Trinajstić information content (AvgIpc) is 2.77. The number of rotatable bonds is 9. The van der Waals surface area contributed by atoms with Gasteiger partial charge in [0.2, 0.25) is 5.91 Å². The molecule has 1 unspecified atom stereocenters. The topological polar surface area (TPSA) is 52.6 Å². The molecule has 1 aromatic heterocycles. The summed E-state index contributed by atoms with van der Waals surface area (Å²) in [6.45, 7) is 18.0. The SMILES string of the molecule is C=C(C)CN(CC)c1nc(CN2CCCC(C(=O)N(CC)CC)C2)nc2ccccc12. The molecule has 0 spiro atoms. The van der Waals surface area contributed by atoms with Crippen LogP contribution >= 0.6 is 0 Å². The van der Waals surface area contributed by atoms with Crippen LogP contribution in [0, 0.1) is 5.92 Å². The zero-order chi connectivity index (χ0) is 22.4. The van der Waals surface area contributed by atoms with Crippen LogP contribution in [0.1, 0.15) is 46.4 Å². The van der Waals surface area contributed by atoms with E-state index in [0.29, 0.717) is 6.54 Å². The van der Waals surface area contributed by atoms with Gasteiger partial charge in [0.15, 0.2) is 0 Å². The Kier molecular flexibility index (Phi) is 8.02. The summed E-state index contributed by atoms with van der Waals surface area (Å²) in [5, 5.41) is 1.07. The van der Waals surface area contributed by atoms with Crippen molar-refractivity contribution in [2.45, 2.75) is 47.1 Å². The Labute approximate surface area is 187 Å². The van der Waals surface area contributed by atoms with Gasteiger partial charge < -0.3 is 9.80 Å². The van der Waals surface area contributed by atoms with E-state index in [1.54, 1.807) is 0 Å². The van der Waals surface area contributed by atoms with Crippen LogP contribution in [-0.4, -0.2) is 64.9 Å². The number of fused-ring (bicyclic) bond motifs is 1. The second-order valence-electron chi connectivity index (χ2n) is 8.54. The van der Waals surface area contributed by atoms with Crippen LogP contribution in [0.2, 0.25) is 0 Å². The highest BCUT2D eigenvalue weighted by Crippen LogP contribution is 2.26. The number of amides is 1. The van der Waals surface area contributed by atoms with Crippen molar-refractivity contribution >= 4 is 22.6 Å². The van der Waals surface area contributed by atoms with Crippen LogP contribution in [0.15, 0.2) is 36.4 Å². The van der Waals surface area contributed by atoms with Crippen LogP contribution in [0.25, 0.3) is 10.9 Å². The number of likely N-dealkylation sites (tertiary alicyclic amines) is 1. The van der Waals surface area contributed by atoms with Gasteiger partial charge in [0.05, 0.1) is 18.0 Å². The minimum Gasteiger partial charge on any atom is -0.352 e. The van der Waals surface area contributed by atoms with Gasteiger partial charge in [-0.05, 0) is 59.2 Å². The number of carbonyl (C=O) groups excluding carboxylic acids is 1. The lowest BCUT2D eigenvalue weighted by molar-refractivity contribution is -0.137. The van der Waals surface area contributed by atoms with E-state index in [2.05, 4.69) is 49.3 Å². The van der Waals surface area contributed by atoms with Crippen LogP contribution in [0.5, 0.6) is 0 Å². The molecule has 1 saturated heterocycles. The van der Waals surface area contributed by atoms with Crippen LogP contribution < -0.4 is 4.90 Å². The first-order valence-electron chi connectivity index (χ1n) is 11.6. The zero-order valence-electron chi connectivity index (χ0n) is 19.6. The second-order valence-corrected chi connectivity index (χ2v) is 8.54. The molecule has 168 valence electrons. The lowest BCUT2D eigenvalue weighted by Crippen LogP contribution is -2.44. The molecule has 6 nitrogen and oxygen atoms in total. The van der Waals surface area contributed by atoms with E-state index >= 15 is 0 Å². The van der Waals surface area contributed by atoms with Gasteiger partial charge in [-0.3, -0.25) is 9.69 Å². The summed E-state index contributed by atoms with van der Waals surface area (Å²) in [5.41, 5.74) is 2.08. The van der Waals surface area contributed by atoms with Gasteiger partial charge in [-0.15, -0.1) is 0 Å². The molecule has 1 fully saturated rings. The van der Waals surface area contributed by atoms with Crippen molar-refractivity contribution in [3.8, 4) is 0 Å². The Hall–Kier alpha value is -2.47. The van der Waals surface area contributed by atoms with Gasteiger partial charge in [-0.2, -0.15) is 0 Å². The number of hydrogen-bond donors (Lipinski definition) is 0. The van der Waals surface area contributed by atoms with Crippen molar-refractivity contribution in [2.75, 3.05) is 44.2 Å². The third-order valence-electron chi connectivity index (χ3n) is 6.07. The average molecular weight is 424 g/mol. The van der Waals surface area contributed by atoms with Crippen LogP contribution in [0.4, 0.5) is 5.82 Å².